The van der Waals surface area contributed by atoms with Crippen molar-refractivity contribution in [1.29, 1.82) is 0 Å². The van der Waals surface area contributed by atoms with E-state index in [4.69, 9.17) is 22.3 Å². The maximum atomic E-state index is 9.63. The Morgan fingerprint density at radius 3 is 2.47 bits per heavy atom. The molecular formula is C21H22ClN7O. The molecule has 1 aliphatic heterocycles. The number of aliphatic hydroxyl groups excluding tert-OH is 1. The zero-order valence-corrected chi connectivity index (χ0v) is 17.1. The molecule has 1 atom stereocenters. The summed E-state index contributed by atoms with van der Waals surface area (Å²) in [5, 5.41) is 10.3. The van der Waals surface area contributed by atoms with Gasteiger partial charge in [-0.15, -0.1) is 0 Å². The minimum absolute atomic E-state index is 0.372. The van der Waals surface area contributed by atoms with Crippen LogP contribution >= 0.6 is 11.6 Å². The lowest BCUT2D eigenvalue weighted by Gasteiger charge is -2.37. The first-order chi connectivity index (χ1) is 14.6. The van der Waals surface area contributed by atoms with E-state index in [-0.39, 0.29) is 6.10 Å². The summed E-state index contributed by atoms with van der Waals surface area (Å²) in [4.78, 5) is 18.2. The molecule has 0 saturated carbocycles. The number of hydrogen-bond acceptors (Lipinski definition) is 7. The van der Waals surface area contributed by atoms with Crippen LogP contribution in [0.1, 0.15) is 6.42 Å². The van der Waals surface area contributed by atoms with Gasteiger partial charge in [0.1, 0.15) is 6.33 Å². The van der Waals surface area contributed by atoms with Crippen LogP contribution in [0.25, 0.3) is 16.9 Å². The number of nitrogens with two attached hydrogens (primary N) is 1. The number of imidazole rings is 1. The SMILES string of the molecule is Nc1nc(N2CCN(C3=CCC(O)C=C3)CC2)nc2c1ncn2-c1ccc(Cl)cc1. The summed E-state index contributed by atoms with van der Waals surface area (Å²) < 4.78 is 1.90. The van der Waals surface area contributed by atoms with E-state index in [1.54, 1.807) is 6.33 Å². The molecule has 0 bridgehead atoms. The van der Waals surface area contributed by atoms with Crippen molar-refractivity contribution in [3.05, 3.63) is 59.5 Å². The molecule has 1 fully saturated rings. The summed E-state index contributed by atoms with van der Waals surface area (Å²) in [5.41, 5.74) is 9.55. The van der Waals surface area contributed by atoms with Crippen molar-refractivity contribution in [3.63, 3.8) is 0 Å². The zero-order valence-electron chi connectivity index (χ0n) is 16.3. The number of anilines is 2. The first-order valence-electron chi connectivity index (χ1n) is 9.91. The minimum Gasteiger partial charge on any atom is -0.389 e. The lowest BCUT2D eigenvalue weighted by Crippen LogP contribution is -2.46. The predicted molar refractivity (Wildman–Crippen MR) is 118 cm³/mol. The number of allylic oxidation sites excluding steroid dienone is 1. The molecule has 3 heterocycles. The molecule has 2 aromatic heterocycles. The van der Waals surface area contributed by atoms with E-state index in [1.165, 1.54) is 0 Å². The zero-order chi connectivity index (χ0) is 20.7. The molecule has 8 nitrogen and oxygen atoms in total. The van der Waals surface area contributed by atoms with Gasteiger partial charge in [0.15, 0.2) is 17.0 Å². The third-order valence-electron chi connectivity index (χ3n) is 5.50. The number of rotatable bonds is 3. The number of benzene rings is 1. The number of piperazine rings is 1. The van der Waals surface area contributed by atoms with Gasteiger partial charge in [0, 0.05) is 42.6 Å². The van der Waals surface area contributed by atoms with Crippen LogP contribution in [-0.4, -0.2) is 61.8 Å². The van der Waals surface area contributed by atoms with Gasteiger partial charge in [0.2, 0.25) is 5.95 Å². The molecule has 1 aromatic carbocycles. The van der Waals surface area contributed by atoms with E-state index in [9.17, 15) is 5.11 Å². The van der Waals surface area contributed by atoms with Crippen molar-refractivity contribution in [3.8, 4) is 5.69 Å². The van der Waals surface area contributed by atoms with Gasteiger partial charge in [-0.25, -0.2) is 4.98 Å². The van der Waals surface area contributed by atoms with Crippen molar-refractivity contribution in [1.82, 2.24) is 24.4 Å². The molecule has 0 radical (unpaired) electrons. The van der Waals surface area contributed by atoms with Gasteiger partial charge in [-0.1, -0.05) is 23.8 Å². The fraction of sp³-hybridized carbons (Fsp3) is 0.286. The molecule has 9 heteroatoms. The highest BCUT2D eigenvalue weighted by atomic mass is 35.5. The summed E-state index contributed by atoms with van der Waals surface area (Å²) in [6, 6.07) is 7.51. The molecule has 5 rings (SSSR count). The second-order valence-electron chi connectivity index (χ2n) is 7.44. The number of halogens is 1. The van der Waals surface area contributed by atoms with E-state index >= 15 is 0 Å². The van der Waals surface area contributed by atoms with E-state index in [1.807, 2.05) is 41.0 Å². The maximum absolute atomic E-state index is 9.63. The Labute approximate surface area is 178 Å². The van der Waals surface area contributed by atoms with Crippen LogP contribution < -0.4 is 10.6 Å². The third-order valence-corrected chi connectivity index (χ3v) is 5.75. The summed E-state index contributed by atoms with van der Waals surface area (Å²) in [5.74, 6) is 0.982. The van der Waals surface area contributed by atoms with E-state index < -0.39 is 0 Å². The van der Waals surface area contributed by atoms with Crippen molar-refractivity contribution in [2.45, 2.75) is 12.5 Å². The highest BCUT2D eigenvalue weighted by Crippen LogP contribution is 2.25. The molecule has 0 spiro atoms. The van der Waals surface area contributed by atoms with Gasteiger partial charge in [-0.3, -0.25) is 4.57 Å². The number of hydrogen-bond donors (Lipinski definition) is 2. The van der Waals surface area contributed by atoms with Crippen LogP contribution in [-0.2, 0) is 0 Å². The molecule has 154 valence electrons. The number of aliphatic hydroxyl groups is 1. The molecule has 3 aromatic rings. The Morgan fingerprint density at radius 1 is 1.03 bits per heavy atom. The highest BCUT2D eigenvalue weighted by molar-refractivity contribution is 6.30. The van der Waals surface area contributed by atoms with Crippen LogP contribution in [0, 0.1) is 0 Å². The largest absolute Gasteiger partial charge is 0.389 e. The fourth-order valence-electron chi connectivity index (χ4n) is 3.84. The van der Waals surface area contributed by atoms with Crippen LogP contribution in [0.5, 0.6) is 0 Å². The molecule has 0 amide bonds. The molecule has 1 aliphatic carbocycles. The van der Waals surface area contributed by atoms with Crippen molar-refractivity contribution in [2.75, 3.05) is 36.8 Å². The van der Waals surface area contributed by atoms with E-state index in [2.05, 4.69) is 25.8 Å². The van der Waals surface area contributed by atoms with Gasteiger partial charge in [-0.05, 0) is 36.8 Å². The van der Waals surface area contributed by atoms with E-state index in [0.717, 1.165) is 37.6 Å². The normalized spacial score (nSPS) is 19.4. The Morgan fingerprint density at radius 2 is 1.77 bits per heavy atom. The summed E-state index contributed by atoms with van der Waals surface area (Å²) in [7, 11) is 0. The Hall–Kier alpha value is -3.10. The van der Waals surface area contributed by atoms with Crippen LogP contribution in [0.3, 0.4) is 0 Å². The number of aromatic nitrogens is 4. The Balaban J connectivity index is 1.39. The number of fused-ring (bicyclic) bond motifs is 1. The molecule has 3 N–H and O–H groups in total. The van der Waals surface area contributed by atoms with Crippen LogP contribution in [0.15, 0.2) is 54.5 Å². The molecule has 1 unspecified atom stereocenters. The molecular weight excluding hydrogens is 402 g/mol. The topological polar surface area (TPSA) is 96.3 Å². The van der Waals surface area contributed by atoms with Crippen LogP contribution in [0.2, 0.25) is 5.02 Å². The monoisotopic (exact) mass is 423 g/mol. The predicted octanol–water partition coefficient (Wildman–Crippen LogP) is 2.38. The average molecular weight is 424 g/mol. The van der Waals surface area contributed by atoms with Crippen molar-refractivity contribution in [2.24, 2.45) is 0 Å². The molecule has 30 heavy (non-hydrogen) atoms. The lowest BCUT2D eigenvalue weighted by atomic mass is 10.1. The van der Waals surface area contributed by atoms with Crippen LogP contribution in [0.4, 0.5) is 11.8 Å². The van der Waals surface area contributed by atoms with Gasteiger partial charge >= 0.3 is 0 Å². The van der Waals surface area contributed by atoms with E-state index in [0.29, 0.717) is 34.4 Å². The first-order valence-corrected chi connectivity index (χ1v) is 10.3. The Bertz CT molecular complexity index is 1130. The standard InChI is InChI=1S/C21H22ClN7O/c22-14-1-3-16(4-2-14)29-13-24-18-19(23)25-21(26-20(18)29)28-11-9-27(10-12-28)15-5-7-17(30)8-6-15/h1-7,13,17,30H,8-12H2,(H2,23,25,26). The quantitative estimate of drug-likeness (QED) is 0.667. The van der Waals surface area contributed by atoms with Gasteiger partial charge in [0.25, 0.3) is 0 Å². The van der Waals surface area contributed by atoms with Gasteiger partial charge < -0.3 is 20.6 Å². The van der Waals surface area contributed by atoms with Gasteiger partial charge in [-0.2, -0.15) is 9.97 Å². The maximum Gasteiger partial charge on any atom is 0.229 e. The Kier molecular flexibility index (Phi) is 4.80. The smallest absolute Gasteiger partial charge is 0.229 e. The molecule has 1 saturated heterocycles. The second-order valence-corrected chi connectivity index (χ2v) is 7.87. The molecule has 2 aliphatic rings. The first kappa shape index (κ1) is 18.9. The highest BCUT2D eigenvalue weighted by Gasteiger charge is 2.23. The second kappa shape index (κ2) is 7.62. The third kappa shape index (κ3) is 3.48. The summed E-state index contributed by atoms with van der Waals surface area (Å²) in [6.45, 7) is 3.27. The van der Waals surface area contributed by atoms with Crippen molar-refractivity contribution < 1.29 is 5.11 Å². The number of nitrogen functional groups attached to an aromatic ring is 1. The number of nitrogens with zero attached hydrogens (tertiary/aromatic N) is 6. The summed E-state index contributed by atoms with van der Waals surface area (Å²) in [6.07, 6.45) is 7.93. The minimum atomic E-state index is -0.372. The van der Waals surface area contributed by atoms with Crippen molar-refractivity contribution >= 4 is 34.5 Å². The fourth-order valence-corrected chi connectivity index (χ4v) is 3.96. The average Bonchev–Trinajstić information content (AvgIpc) is 3.20. The van der Waals surface area contributed by atoms with Gasteiger partial charge in [0.05, 0.1) is 6.10 Å². The lowest BCUT2D eigenvalue weighted by molar-refractivity contribution is 0.221. The summed E-state index contributed by atoms with van der Waals surface area (Å²) >= 11 is 6.02.